The van der Waals surface area contributed by atoms with Crippen molar-refractivity contribution in [3.8, 4) is 0 Å². The van der Waals surface area contributed by atoms with Gasteiger partial charge in [-0.25, -0.2) is 4.79 Å². The summed E-state index contributed by atoms with van der Waals surface area (Å²) >= 11 is 0. The van der Waals surface area contributed by atoms with Crippen molar-refractivity contribution in [3.05, 3.63) is 0 Å². The Balaban J connectivity index is 2.10. The van der Waals surface area contributed by atoms with Gasteiger partial charge in [0, 0.05) is 6.42 Å². The van der Waals surface area contributed by atoms with Crippen molar-refractivity contribution in [1.82, 2.24) is 4.90 Å². The first-order valence-electron chi connectivity index (χ1n) is 11.5. The Labute approximate surface area is 176 Å². The smallest absolute Gasteiger partial charge is 0.409 e. The molecule has 0 aromatic carbocycles. The van der Waals surface area contributed by atoms with Gasteiger partial charge in [-0.1, -0.05) is 52.9 Å². The predicted molar refractivity (Wildman–Crippen MR) is 113 cm³/mol. The van der Waals surface area contributed by atoms with Gasteiger partial charge in [0.2, 0.25) is 0 Å². The lowest BCUT2D eigenvalue weighted by Gasteiger charge is -2.34. The molecule has 6 nitrogen and oxygen atoms in total. The summed E-state index contributed by atoms with van der Waals surface area (Å²) in [6, 6.07) is -0.106. The lowest BCUT2D eigenvalue weighted by atomic mass is 9.80. The van der Waals surface area contributed by atoms with Crippen LogP contribution in [0.3, 0.4) is 0 Å². The molecule has 2 aliphatic rings. The molecular weight excluding hydrogens is 370 g/mol. The van der Waals surface area contributed by atoms with Crippen molar-refractivity contribution >= 4 is 12.1 Å². The van der Waals surface area contributed by atoms with Crippen LogP contribution < -0.4 is 0 Å². The van der Waals surface area contributed by atoms with Crippen LogP contribution in [0.2, 0.25) is 0 Å². The summed E-state index contributed by atoms with van der Waals surface area (Å²) < 4.78 is 11.6. The highest BCUT2D eigenvalue weighted by Crippen LogP contribution is 2.41. The Morgan fingerprint density at radius 3 is 2.41 bits per heavy atom. The molecule has 1 saturated carbocycles. The molecule has 1 heterocycles. The van der Waals surface area contributed by atoms with E-state index >= 15 is 0 Å². The highest BCUT2D eigenvalue weighted by atomic mass is 16.6. The van der Waals surface area contributed by atoms with E-state index in [9.17, 15) is 14.7 Å². The molecule has 0 aromatic heterocycles. The Morgan fingerprint density at radius 2 is 1.86 bits per heavy atom. The van der Waals surface area contributed by atoms with Gasteiger partial charge in [-0.05, 0) is 50.9 Å². The Hall–Kier alpha value is -1.30. The number of esters is 1. The second-order valence-electron chi connectivity index (χ2n) is 9.67. The number of rotatable bonds is 9. The van der Waals surface area contributed by atoms with E-state index in [1.54, 1.807) is 11.8 Å². The predicted octanol–water partition coefficient (Wildman–Crippen LogP) is 5.45. The van der Waals surface area contributed by atoms with E-state index in [4.69, 9.17) is 9.47 Å². The van der Waals surface area contributed by atoms with Gasteiger partial charge >= 0.3 is 12.1 Å². The van der Waals surface area contributed by atoms with Gasteiger partial charge < -0.3 is 14.6 Å². The molecule has 0 bridgehead atoms. The highest BCUT2D eigenvalue weighted by molar-refractivity contribution is 5.68. The standard InChI is InChI=1S/C23H41NO5/c1-6-21(25)28-13-12-18(16(2)3)15-20-19(14-17-10-8-7-9-11-17)24(22(26)27)23(4,5)29-20/h16-20H,6-15H2,1-5H3,(H,26,27)/t18-,19+,20+/m1/s1. The first-order chi connectivity index (χ1) is 13.7. The zero-order chi connectivity index (χ0) is 21.6. The first-order valence-corrected chi connectivity index (χ1v) is 11.5. The van der Waals surface area contributed by atoms with Crippen molar-refractivity contribution in [1.29, 1.82) is 0 Å². The lowest BCUT2D eigenvalue weighted by molar-refractivity contribution is -0.143. The average Bonchev–Trinajstić information content (AvgIpc) is 2.90. The molecule has 2 rings (SSSR count). The van der Waals surface area contributed by atoms with Gasteiger partial charge in [-0.3, -0.25) is 9.69 Å². The molecule has 168 valence electrons. The van der Waals surface area contributed by atoms with Crippen molar-refractivity contribution in [2.45, 2.75) is 110 Å². The molecule has 0 aromatic rings. The maximum atomic E-state index is 12.1. The average molecular weight is 412 g/mol. The Morgan fingerprint density at radius 1 is 1.21 bits per heavy atom. The Kier molecular flexibility index (Phi) is 8.80. The van der Waals surface area contributed by atoms with Crippen LogP contribution in [0.1, 0.15) is 92.4 Å². The summed E-state index contributed by atoms with van der Waals surface area (Å²) in [5.41, 5.74) is -0.813. The number of hydrogen-bond acceptors (Lipinski definition) is 4. The fraction of sp³-hybridized carbons (Fsp3) is 0.913. The van der Waals surface area contributed by atoms with Gasteiger partial charge in [0.15, 0.2) is 0 Å². The molecule has 1 saturated heterocycles. The molecule has 1 aliphatic carbocycles. The molecule has 0 radical (unpaired) electrons. The van der Waals surface area contributed by atoms with Crippen LogP contribution in [0, 0.1) is 17.8 Å². The van der Waals surface area contributed by atoms with Crippen molar-refractivity contribution in [3.63, 3.8) is 0 Å². The van der Waals surface area contributed by atoms with Crippen LogP contribution >= 0.6 is 0 Å². The van der Waals surface area contributed by atoms with Gasteiger partial charge in [0.05, 0.1) is 18.8 Å². The van der Waals surface area contributed by atoms with Crippen LogP contribution in [0.25, 0.3) is 0 Å². The zero-order valence-corrected chi connectivity index (χ0v) is 19.0. The molecule has 2 fully saturated rings. The van der Waals surface area contributed by atoms with Crippen LogP contribution in [-0.4, -0.2) is 46.5 Å². The second kappa shape index (κ2) is 10.6. The van der Waals surface area contributed by atoms with Gasteiger partial charge in [0.1, 0.15) is 5.72 Å². The fourth-order valence-electron chi connectivity index (χ4n) is 5.12. The van der Waals surface area contributed by atoms with E-state index in [1.807, 2.05) is 13.8 Å². The maximum Gasteiger partial charge on any atom is 0.409 e. The third kappa shape index (κ3) is 6.59. The number of ether oxygens (including phenoxy) is 2. The first kappa shape index (κ1) is 24.0. The minimum Gasteiger partial charge on any atom is -0.466 e. The number of hydrogen-bond donors (Lipinski definition) is 1. The molecule has 29 heavy (non-hydrogen) atoms. The van der Waals surface area contributed by atoms with Crippen molar-refractivity contribution < 1.29 is 24.2 Å². The highest BCUT2D eigenvalue weighted by Gasteiger charge is 2.50. The summed E-state index contributed by atoms with van der Waals surface area (Å²) in [6.07, 6.45) is 8.02. The molecule has 0 spiro atoms. The van der Waals surface area contributed by atoms with E-state index in [-0.39, 0.29) is 18.1 Å². The molecule has 1 N–H and O–H groups in total. The van der Waals surface area contributed by atoms with Gasteiger partial charge in [0.25, 0.3) is 0 Å². The topological polar surface area (TPSA) is 76.1 Å². The summed E-state index contributed by atoms with van der Waals surface area (Å²) in [5, 5.41) is 9.93. The van der Waals surface area contributed by atoms with Crippen LogP contribution in [-0.2, 0) is 14.3 Å². The molecule has 6 heteroatoms. The maximum absolute atomic E-state index is 12.1. The number of nitrogens with zero attached hydrogens (tertiary/aromatic N) is 1. The SMILES string of the molecule is CCC(=O)OCC[C@H](C[C@@H]1OC(C)(C)N(C(=O)O)[C@H]1CC1CCCCC1)C(C)C. The summed E-state index contributed by atoms with van der Waals surface area (Å²) in [4.78, 5) is 25.1. The van der Waals surface area contributed by atoms with Crippen molar-refractivity contribution in [2.75, 3.05) is 6.61 Å². The van der Waals surface area contributed by atoms with E-state index in [1.165, 1.54) is 32.1 Å². The van der Waals surface area contributed by atoms with Gasteiger partial charge in [-0.15, -0.1) is 0 Å². The molecule has 1 aliphatic heterocycles. The monoisotopic (exact) mass is 411 g/mol. The summed E-state index contributed by atoms with van der Waals surface area (Å²) in [5.74, 6) is 1.15. The normalized spacial score (nSPS) is 25.9. The Bertz CT molecular complexity index is 541. The second-order valence-corrected chi connectivity index (χ2v) is 9.67. The van der Waals surface area contributed by atoms with E-state index in [2.05, 4.69) is 13.8 Å². The molecule has 0 unspecified atom stereocenters. The van der Waals surface area contributed by atoms with Crippen LogP contribution in [0.5, 0.6) is 0 Å². The molecular formula is C23H41NO5. The third-order valence-corrected chi connectivity index (χ3v) is 6.80. The van der Waals surface area contributed by atoms with Gasteiger partial charge in [-0.2, -0.15) is 0 Å². The minimum absolute atomic E-state index is 0.106. The number of amides is 1. The fourth-order valence-corrected chi connectivity index (χ4v) is 5.12. The largest absolute Gasteiger partial charge is 0.466 e. The van der Waals surface area contributed by atoms with Crippen LogP contribution in [0.4, 0.5) is 4.79 Å². The molecule has 1 amide bonds. The van der Waals surface area contributed by atoms with Crippen LogP contribution in [0.15, 0.2) is 0 Å². The number of carbonyl (C=O) groups is 2. The molecule has 3 atom stereocenters. The summed E-state index contributed by atoms with van der Waals surface area (Å²) in [7, 11) is 0. The van der Waals surface area contributed by atoms with E-state index in [0.717, 1.165) is 19.3 Å². The minimum atomic E-state index is -0.892. The number of carbonyl (C=O) groups excluding carboxylic acids is 1. The third-order valence-electron chi connectivity index (χ3n) is 6.80. The summed E-state index contributed by atoms with van der Waals surface area (Å²) in [6.45, 7) is 10.3. The van der Waals surface area contributed by atoms with Crippen molar-refractivity contribution in [2.24, 2.45) is 17.8 Å². The quantitative estimate of drug-likeness (QED) is 0.511. The zero-order valence-electron chi connectivity index (χ0n) is 19.0. The van der Waals surface area contributed by atoms with E-state index in [0.29, 0.717) is 30.8 Å². The lowest BCUT2D eigenvalue weighted by Crippen LogP contribution is -2.48. The van der Waals surface area contributed by atoms with E-state index < -0.39 is 11.8 Å². The number of carboxylic acid groups (broad SMARTS) is 1.